The molecule has 0 bridgehead atoms. The lowest BCUT2D eigenvalue weighted by Crippen LogP contribution is -2.11. The van der Waals surface area contributed by atoms with Gasteiger partial charge in [-0.1, -0.05) is 6.07 Å². The van der Waals surface area contributed by atoms with E-state index < -0.39 is 0 Å². The highest BCUT2D eigenvalue weighted by atomic mass is 19.1. The highest BCUT2D eigenvalue weighted by Gasteiger charge is 2.29. The van der Waals surface area contributed by atoms with Crippen LogP contribution >= 0.6 is 0 Å². The van der Waals surface area contributed by atoms with Crippen LogP contribution < -0.4 is 10.1 Å². The molecule has 9 heteroatoms. The summed E-state index contributed by atoms with van der Waals surface area (Å²) in [6.45, 7) is 4.69. The number of aromatic amines is 1. The zero-order valence-corrected chi connectivity index (χ0v) is 19.1. The van der Waals surface area contributed by atoms with Crippen molar-refractivity contribution in [2.75, 3.05) is 11.9 Å². The zero-order chi connectivity index (χ0) is 22.9. The maximum Gasteiger partial charge on any atom is 0.220 e. The Balaban J connectivity index is 1.23. The number of hydrogen-bond acceptors (Lipinski definition) is 5. The van der Waals surface area contributed by atoms with E-state index in [1.54, 1.807) is 12.3 Å². The molecule has 2 unspecified atom stereocenters. The van der Waals surface area contributed by atoms with Gasteiger partial charge in [-0.25, -0.2) is 4.39 Å². The highest BCUT2D eigenvalue weighted by molar-refractivity contribution is 5.59. The standard InChI is InChI=1S/C24H30FN6O2/c1-15(2)31-13-19(12-26-31)33-18-7-5-17(10-18)22-11-23(29-28-22)27-21-8-6-16-4-3-9-30(32)14-20(16)24(21)25/h6,8,11-13,15,17-18H,3-5,7,9-10,14H2,1-2H3,(H2,27,28,29)/q+1. The molecule has 0 spiro atoms. The molecule has 1 aromatic carbocycles. The number of nitroso groups, excluding NO2 is 1. The summed E-state index contributed by atoms with van der Waals surface area (Å²) in [7, 11) is 0. The molecule has 1 aliphatic carbocycles. The van der Waals surface area contributed by atoms with Crippen molar-refractivity contribution in [2.45, 2.75) is 70.6 Å². The molecule has 8 nitrogen and oxygen atoms in total. The quantitative estimate of drug-likeness (QED) is 0.512. The number of aryl methyl sites for hydroxylation is 1. The van der Waals surface area contributed by atoms with Gasteiger partial charge in [-0.15, -0.1) is 0 Å². The molecule has 174 valence electrons. The molecule has 1 fully saturated rings. The van der Waals surface area contributed by atoms with Crippen LogP contribution in [0, 0.1) is 10.7 Å². The molecule has 1 saturated carbocycles. The van der Waals surface area contributed by atoms with Gasteiger partial charge in [-0.2, -0.15) is 10.2 Å². The number of aromatic nitrogens is 4. The van der Waals surface area contributed by atoms with Crippen molar-refractivity contribution in [2.24, 2.45) is 0 Å². The number of hydrogen-bond donors (Lipinski definition) is 2. The minimum Gasteiger partial charge on any atom is -0.487 e. The number of fused-ring (bicyclic) bond motifs is 1. The summed E-state index contributed by atoms with van der Waals surface area (Å²) in [5.74, 6) is 1.32. The van der Waals surface area contributed by atoms with Crippen LogP contribution in [-0.4, -0.2) is 37.4 Å². The molecule has 5 rings (SSSR count). The molecule has 3 aromatic rings. The average molecular weight is 454 g/mol. The van der Waals surface area contributed by atoms with Gasteiger partial charge in [0.05, 0.1) is 29.7 Å². The molecule has 0 amide bonds. The summed E-state index contributed by atoms with van der Waals surface area (Å²) in [6.07, 6.45) is 8.17. The molecular weight excluding hydrogens is 423 g/mol. The summed E-state index contributed by atoms with van der Waals surface area (Å²) >= 11 is 0. The summed E-state index contributed by atoms with van der Waals surface area (Å²) in [4.78, 5) is 11.9. The van der Waals surface area contributed by atoms with Crippen LogP contribution in [0.3, 0.4) is 0 Å². The van der Waals surface area contributed by atoms with E-state index in [0.717, 1.165) is 53.9 Å². The Morgan fingerprint density at radius 3 is 3.03 bits per heavy atom. The maximum absolute atomic E-state index is 15.1. The lowest BCUT2D eigenvalue weighted by atomic mass is 10.0. The molecule has 33 heavy (non-hydrogen) atoms. The highest BCUT2D eigenvalue weighted by Crippen LogP contribution is 2.37. The third-order valence-electron chi connectivity index (χ3n) is 6.62. The van der Waals surface area contributed by atoms with Gasteiger partial charge in [0.2, 0.25) is 6.54 Å². The van der Waals surface area contributed by atoms with E-state index in [1.165, 1.54) is 0 Å². The fourth-order valence-electron chi connectivity index (χ4n) is 4.80. The molecule has 0 saturated heterocycles. The second kappa shape index (κ2) is 8.96. The zero-order valence-electron chi connectivity index (χ0n) is 19.1. The molecule has 2 aromatic heterocycles. The molecule has 1 aliphatic heterocycles. The minimum atomic E-state index is -0.365. The van der Waals surface area contributed by atoms with E-state index >= 15 is 4.39 Å². The van der Waals surface area contributed by atoms with Crippen molar-refractivity contribution in [3.05, 3.63) is 58.1 Å². The number of nitrogens with one attached hydrogen (secondary N) is 2. The fourth-order valence-corrected chi connectivity index (χ4v) is 4.80. The fraction of sp³-hybridized carbons (Fsp3) is 0.500. The van der Waals surface area contributed by atoms with Crippen LogP contribution in [0.1, 0.15) is 68.3 Å². The van der Waals surface area contributed by atoms with Crippen molar-refractivity contribution in [3.63, 3.8) is 0 Å². The van der Waals surface area contributed by atoms with Gasteiger partial charge in [0.15, 0.2) is 23.9 Å². The first-order chi connectivity index (χ1) is 16.0. The molecule has 3 heterocycles. The second-order valence-corrected chi connectivity index (χ2v) is 9.37. The van der Waals surface area contributed by atoms with Gasteiger partial charge >= 0.3 is 0 Å². The first-order valence-electron chi connectivity index (χ1n) is 11.7. The van der Waals surface area contributed by atoms with Gasteiger partial charge in [-0.3, -0.25) is 9.78 Å². The van der Waals surface area contributed by atoms with Gasteiger partial charge < -0.3 is 10.1 Å². The number of halogens is 1. The maximum atomic E-state index is 15.1. The predicted molar refractivity (Wildman–Crippen MR) is 122 cm³/mol. The predicted octanol–water partition coefficient (Wildman–Crippen LogP) is 5.01. The van der Waals surface area contributed by atoms with Crippen LogP contribution in [0.5, 0.6) is 5.75 Å². The van der Waals surface area contributed by atoms with Gasteiger partial charge in [0, 0.05) is 39.8 Å². The summed E-state index contributed by atoms with van der Waals surface area (Å²) in [6, 6.07) is 5.89. The SMILES string of the molecule is CC(C)n1cc(OC2CCC(c3cc(Nc4ccc5c(c4F)C[N+](=O)CCC5)n[nH]3)C2)cn1. The van der Waals surface area contributed by atoms with Crippen molar-refractivity contribution >= 4 is 11.5 Å². The van der Waals surface area contributed by atoms with E-state index in [-0.39, 0.29) is 18.5 Å². The molecular formula is C24H30FN6O2+. The van der Waals surface area contributed by atoms with E-state index in [9.17, 15) is 4.91 Å². The number of anilines is 2. The lowest BCUT2D eigenvalue weighted by molar-refractivity contribution is -0.563. The van der Waals surface area contributed by atoms with Crippen LogP contribution in [0.25, 0.3) is 0 Å². The van der Waals surface area contributed by atoms with Crippen molar-refractivity contribution < 1.29 is 13.9 Å². The van der Waals surface area contributed by atoms with Crippen molar-refractivity contribution in [1.29, 1.82) is 0 Å². The normalized spacial score (nSPS) is 20.7. The minimum absolute atomic E-state index is 0.0854. The summed E-state index contributed by atoms with van der Waals surface area (Å²) < 4.78 is 24.1. The third kappa shape index (κ3) is 4.62. The van der Waals surface area contributed by atoms with Crippen LogP contribution in [-0.2, 0) is 13.0 Å². The first-order valence-corrected chi connectivity index (χ1v) is 11.7. The van der Waals surface area contributed by atoms with Gasteiger partial charge in [-0.05, 0) is 51.2 Å². The number of benzene rings is 1. The van der Waals surface area contributed by atoms with E-state index in [0.29, 0.717) is 35.6 Å². The van der Waals surface area contributed by atoms with Crippen LogP contribution in [0.15, 0.2) is 30.6 Å². The Labute approximate surface area is 192 Å². The molecule has 0 radical (unpaired) electrons. The number of nitrogens with zero attached hydrogens (tertiary/aromatic N) is 4. The Kier molecular flexibility index (Phi) is 5.86. The van der Waals surface area contributed by atoms with E-state index in [1.807, 2.05) is 23.0 Å². The summed E-state index contributed by atoms with van der Waals surface area (Å²) in [5.41, 5.74) is 2.76. The van der Waals surface area contributed by atoms with Crippen LogP contribution in [0.2, 0.25) is 0 Å². The largest absolute Gasteiger partial charge is 0.487 e. The van der Waals surface area contributed by atoms with Gasteiger partial charge in [0.25, 0.3) is 0 Å². The lowest BCUT2D eigenvalue weighted by Gasteiger charge is -2.12. The van der Waals surface area contributed by atoms with Crippen molar-refractivity contribution in [3.8, 4) is 5.75 Å². The number of rotatable bonds is 6. The Hall–Kier alpha value is -3.23. The van der Waals surface area contributed by atoms with Crippen molar-refractivity contribution in [1.82, 2.24) is 20.0 Å². The smallest absolute Gasteiger partial charge is 0.220 e. The third-order valence-corrected chi connectivity index (χ3v) is 6.62. The Morgan fingerprint density at radius 2 is 2.21 bits per heavy atom. The number of H-pyrrole nitrogens is 1. The molecule has 2 atom stereocenters. The van der Waals surface area contributed by atoms with E-state index in [2.05, 4.69) is 34.5 Å². The van der Waals surface area contributed by atoms with E-state index in [4.69, 9.17) is 4.74 Å². The Morgan fingerprint density at radius 1 is 1.33 bits per heavy atom. The monoisotopic (exact) mass is 453 g/mol. The molecule has 2 N–H and O–H groups in total. The topological polar surface area (TPSA) is 87.8 Å². The first kappa shape index (κ1) is 21.6. The Bertz CT molecular complexity index is 1150. The average Bonchev–Trinajstić information content (AvgIpc) is 3.51. The summed E-state index contributed by atoms with van der Waals surface area (Å²) in [5, 5.41) is 14.9. The number of ether oxygens (including phenoxy) is 1. The van der Waals surface area contributed by atoms with Gasteiger partial charge in [0.1, 0.15) is 0 Å². The second-order valence-electron chi connectivity index (χ2n) is 9.37. The van der Waals surface area contributed by atoms with Crippen LogP contribution in [0.4, 0.5) is 15.9 Å². The molecule has 2 aliphatic rings.